The summed E-state index contributed by atoms with van der Waals surface area (Å²) in [6, 6.07) is 8.31. The molecule has 0 spiro atoms. The highest BCUT2D eigenvalue weighted by molar-refractivity contribution is 8.00. The average molecular weight is 414 g/mol. The smallest absolute Gasteiger partial charge is 0.233 e. The maximum Gasteiger partial charge on any atom is 0.233 e. The van der Waals surface area contributed by atoms with E-state index in [1.807, 2.05) is 29.2 Å². The number of carbonyl (C=O) groups is 1. The maximum absolute atomic E-state index is 13.0. The lowest BCUT2D eigenvalue weighted by Gasteiger charge is -2.22. The third kappa shape index (κ3) is 4.00. The summed E-state index contributed by atoms with van der Waals surface area (Å²) in [6.45, 7) is 4.85. The molecule has 1 aromatic carbocycles. The summed E-state index contributed by atoms with van der Waals surface area (Å²) in [6.07, 6.45) is 3.78. The van der Waals surface area contributed by atoms with Crippen molar-refractivity contribution in [3.63, 3.8) is 0 Å². The van der Waals surface area contributed by atoms with Crippen LogP contribution in [0.15, 0.2) is 35.6 Å². The summed E-state index contributed by atoms with van der Waals surface area (Å²) in [7, 11) is 1.66. The number of hydrogen-bond acceptors (Lipinski definition) is 6. The van der Waals surface area contributed by atoms with Crippen LogP contribution >= 0.6 is 23.1 Å². The predicted octanol–water partition coefficient (Wildman–Crippen LogP) is 4.60. The number of hydrogen-bond donors (Lipinski definition) is 0. The predicted molar refractivity (Wildman–Crippen MR) is 114 cm³/mol. The van der Waals surface area contributed by atoms with E-state index in [4.69, 9.17) is 4.74 Å². The van der Waals surface area contributed by atoms with E-state index in [9.17, 15) is 4.79 Å². The molecule has 1 amide bonds. The fourth-order valence-corrected chi connectivity index (χ4v) is 5.21. The van der Waals surface area contributed by atoms with Crippen molar-refractivity contribution in [2.75, 3.05) is 12.9 Å². The summed E-state index contributed by atoms with van der Waals surface area (Å²) in [4.78, 5) is 26.1. The lowest BCUT2D eigenvalue weighted by molar-refractivity contribution is -0.129. The third-order valence-electron chi connectivity index (χ3n) is 5.08. The van der Waals surface area contributed by atoms with Crippen LogP contribution in [0, 0.1) is 13.8 Å². The van der Waals surface area contributed by atoms with Crippen LogP contribution in [-0.2, 0) is 11.3 Å². The molecule has 28 heavy (non-hydrogen) atoms. The Hall–Kier alpha value is -2.12. The van der Waals surface area contributed by atoms with Crippen molar-refractivity contribution >= 4 is 39.2 Å². The molecular weight excluding hydrogens is 390 g/mol. The van der Waals surface area contributed by atoms with Gasteiger partial charge in [-0.3, -0.25) is 4.79 Å². The number of rotatable bonds is 7. The lowest BCUT2D eigenvalue weighted by atomic mass is 10.2. The summed E-state index contributed by atoms with van der Waals surface area (Å²) in [5, 5.41) is 2.00. The first kappa shape index (κ1) is 19.2. The Morgan fingerprint density at radius 1 is 1.25 bits per heavy atom. The van der Waals surface area contributed by atoms with Gasteiger partial charge in [-0.15, -0.1) is 11.3 Å². The zero-order chi connectivity index (χ0) is 19.7. The molecule has 0 saturated heterocycles. The highest BCUT2D eigenvalue weighted by Crippen LogP contribution is 2.35. The quantitative estimate of drug-likeness (QED) is 0.418. The number of methoxy groups -OCH3 is 1. The molecule has 5 nitrogen and oxygen atoms in total. The Morgan fingerprint density at radius 2 is 2.00 bits per heavy atom. The van der Waals surface area contributed by atoms with Gasteiger partial charge in [-0.05, 0) is 49.9 Å². The van der Waals surface area contributed by atoms with Crippen LogP contribution in [0.25, 0.3) is 10.2 Å². The van der Waals surface area contributed by atoms with Crippen molar-refractivity contribution in [1.29, 1.82) is 0 Å². The van der Waals surface area contributed by atoms with E-state index >= 15 is 0 Å². The maximum atomic E-state index is 13.0. The number of thioether (sulfide) groups is 1. The third-order valence-corrected chi connectivity index (χ3v) is 7.17. The van der Waals surface area contributed by atoms with E-state index in [1.165, 1.54) is 22.2 Å². The number of ether oxygens (including phenoxy) is 1. The Morgan fingerprint density at radius 3 is 2.68 bits per heavy atom. The molecule has 1 aliphatic carbocycles. The van der Waals surface area contributed by atoms with Gasteiger partial charge in [0.2, 0.25) is 5.91 Å². The second-order valence-corrected chi connectivity index (χ2v) is 9.20. The summed E-state index contributed by atoms with van der Waals surface area (Å²) in [5.41, 5.74) is 2.34. The molecule has 7 heteroatoms. The number of aryl methyl sites for hydroxylation is 2. The fourth-order valence-electron chi connectivity index (χ4n) is 3.21. The molecule has 1 saturated carbocycles. The Balaban J connectivity index is 1.47. The van der Waals surface area contributed by atoms with Crippen molar-refractivity contribution in [1.82, 2.24) is 14.9 Å². The number of nitrogens with zero attached hydrogens (tertiary/aromatic N) is 3. The number of benzene rings is 1. The first-order valence-corrected chi connectivity index (χ1v) is 11.1. The van der Waals surface area contributed by atoms with Crippen molar-refractivity contribution in [2.24, 2.45) is 0 Å². The summed E-state index contributed by atoms with van der Waals surface area (Å²) in [5.74, 6) is 1.39. The minimum Gasteiger partial charge on any atom is -0.497 e. The van der Waals surface area contributed by atoms with Gasteiger partial charge in [0.1, 0.15) is 21.9 Å². The first-order valence-electron chi connectivity index (χ1n) is 9.32. The van der Waals surface area contributed by atoms with Gasteiger partial charge in [-0.2, -0.15) is 0 Å². The number of fused-ring (bicyclic) bond motifs is 1. The molecule has 2 heterocycles. The van der Waals surface area contributed by atoms with Gasteiger partial charge in [0, 0.05) is 22.8 Å². The Kier molecular flexibility index (Phi) is 5.55. The van der Waals surface area contributed by atoms with E-state index in [0.29, 0.717) is 18.3 Å². The van der Waals surface area contributed by atoms with Gasteiger partial charge in [0.05, 0.1) is 12.9 Å². The molecule has 2 aromatic heterocycles. The van der Waals surface area contributed by atoms with Crippen LogP contribution in [0.5, 0.6) is 5.75 Å². The first-order chi connectivity index (χ1) is 13.6. The van der Waals surface area contributed by atoms with Crippen molar-refractivity contribution in [2.45, 2.75) is 44.3 Å². The van der Waals surface area contributed by atoms with Gasteiger partial charge < -0.3 is 9.64 Å². The molecule has 1 fully saturated rings. The normalized spacial score (nSPS) is 13.7. The molecule has 1 aliphatic rings. The molecule has 0 radical (unpaired) electrons. The minimum atomic E-state index is 0.166. The topological polar surface area (TPSA) is 55.3 Å². The highest BCUT2D eigenvalue weighted by atomic mass is 32.2. The molecule has 146 valence electrons. The Labute approximate surface area is 173 Å². The molecule has 0 atom stereocenters. The van der Waals surface area contributed by atoms with Crippen molar-refractivity contribution in [3.8, 4) is 5.75 Å². The van der Waals surface area contributed by atoms with Crippen LogP contribution in [-0.4, -0.2) is 39.7 Å². The van der Waals surface area contributed by atoms with E-state index in [0.717, 1.165) is 39.4 Å². The second kappa shape index (κ2) is 8.09. The molecule has 0 N–H and O–H groups in total. The van der Waals surface area contributed by atoms with Crippen LogP contribution < -0.4 is 4.74 Å². The van der Waals surface area contributed by atoms with Gasteiger partial charge in [0.15, 0.2) is 0 Å². The zero-order valence-electron chi connectivity index (χ0n) is 16.3. The number of thiophene rings is 1. The number of carbonyl (C=O) groups excluding carboxylic acids is 1. The standard InChI is InChI=1S/C21H23N3O2S2/c1-13-14(2)28-21-19(13)20(22-12-23-21)27-11-18(25)24(16-6-7-16)10-15-4-8-17(26-3)9-5-15/h4-5,8-9,12,16H,6-7,10-11H2,1-3H3. The monoisotopic (exact) mass is 413 g/mol. The summed E-state index contributed by atoms with van der Waals surface area (Å²) >= 11 is 3.20. The van der Waals surface area contributed by atoms with Crippen LogP contribution in [0.2, 0.25) is 0 Å². The van der Waals surface area contributed by atoms with Gasteiger partial charge in [-0.25, -0.2) is 9.97 Å². The van der Waals surface area contributed by atoms with Crippen molar-refractivity contribution < 1.29 is 9.53 Å². The van der Waals surface area contributed by atoms with Gasteiger partial charge in [0.25, 0.3) is 0 Å². The molecule has 3 aromatic rings. The molecule has 0 aliphatic heterocycles. The molecule has 4 rings (SSSR count). The number of amides is 1. The van der Waals surface area contributed by atoms with Gasteiger partial charge >= 0.3 is 0 Å². The SMILES string of the molecule is COc1ccc(CN(C(=O)CSc2ncnc3sc(C)c(C)c23)C2CC2)cc1. The summed E-state index contributed by atoms with van der Waals surface area (Å²) < 4.78 is 5.22. The van der Waals surface area contributed by atoms with Crippen LogP contribution in [0.3, 0.4) is 0 Å². The van der Waals surface area contributed by atoms with E-state index in [-0.39, 0.29) is 5.91 Å². The van der Waals surface area contributed by atoms with Crippen LogP contribution in [0.4, 0.5) is 0 Å². The largest absolute Gasteiger partial charge is 0.497 e. The van der Waals surface area contributed by atoms with Gasteiger partial charge in [-0.1, -0.05) is 23.9 Å². The van der Waals surface area contributed by atoms with Crippen molar-refractivity contribution in [3.05, 3.63) is 46.6 Å². The van der Waals surface area contributed by atoms with E-state index in [1.54, 1.807) is 24.8 Å². The second-order valence-electron chi connectivity index (χ2n) is 7.03. The molecule has 0 bridgehead atoms. The lowest BCUT2D eigenvalue weighted by Crippen LogP contribution is -2.34. The average Bonchev–Trinajstić information content (AvgIpc) is 3.50. The molecular formula is C21H23N3O2S2. The minimum absolute atomic E-state index is 0.166. The highest BCUT2D eigenvalue weighted by Gasteiger charge is 2.32. The molecule has 0 unspecified atom stereocenters. The zero-order valence-corrected chi connectivity index (χ0v) is 17.9. The fraction of sp³-hybridized carbons (Fsp3) is 0.381. The van der Waals surface area contributed by atoms with Crippen LogP contribution in [0.1, 0.15) is 28.8 Å². The van der Waals surface area contributed by atoms with E-state index < -0.39 is 0 Å². The van der Waals surface area contributed by atoms with E-state index in [2.05, 4.69) is 23.8 Å². The Bertz CT molecular complexity index is 997. The number of aromatic nitrogens is 2.